The van der Waals surface area contributed by atoms with Crippen LogP contribution in [-0.2, 0) is 14.8 Å². The number of hydrogen-bond acceptors (Lipinski definition) is 5. The molecule has 0 aliphatic heterocycles. The molecular formula is C21H28N2O5S. The van der Waals surface area contributed by atoms with Crippen LogP contribution >= 0.6 is 0 Å². The minimum Gasteiger partial charge on any atom is -0.489 e. The van der Waals surface area contributed by atoms with Crippen LogP contribution in [0.3, 0.4) is 0 Å². The van der Waals surface area contributed by atoms with Crippen molar-refractivity contribution in [2.24, 2.45) is 0 Å². The van der Waals surface area contributed by atoms with Crippen LogP contribution in [0.2, 0.25) is 0 Å². The van der Waals surface area contributed by atoms with Crippen LogP contribution in [0.5, 0.6) is 11.5 Å². The quantitative estimate of drug-likeness (QED) is 0.669. The van der Waals surface area contributed by atoms with Crippen LogP contribution in [0, 0.1) is 0 Å². The van der Waals surface area contributed by atoms with E-state index in [9.17, 15) is 13.2 Å². The van der Waals surface area contributed by atoms with Crippen LogP contribution < -0.4 is 19.1 Å². The Morgan fingerprint density at radius 2 is 1.69 bits per heavy atom. The van der Waals surface area contributed by atoms with E-state index < -0.39 is 16.1 Å². The molecule has 1 amide bonds. The molecular weight excluding hydrogens is 392 g/mol. The summed E-state index contributed by atoms with van der Waals surface area (Å²) in [6, 6.07) is 13.8. The van der Waals surface area contributed by atoms with Crippen molar-refractivity contribution < 1.29 is 22.7 Å². The standard InChI is InChI=1S/C21H28N2O5S/c1-6-19(21(24)22-18-9-7-8-10-20(18)27-15(2)3)28-17-13-11-16(12-14-17)23(4)29(5,25)26/h7-15,19H,6H2,1-5H3,(H,22,24)/t19-/m1/s1. The Morgan fingerprint density at radius 1 is 1.07 bits per heavy atom. The third-order valence-electron chi connectivity index (χ3n) is 4.15. The van der Waals surface area contributed by atoms with Gasteiger partial charge >= 0.3 is 0 Å². The second-order valence-electron chi connectivity index (χ2n) is 6.89. The highest BCUT2D eigenvalue weighted by molar-refractivity contribution is 7.92. The molecule has 1 N–H and O–H groups in total. The summed E-state index contributed by atoms with van der Waals surface area (Å²) in [7, 11) is -1.86. The molecule has 29 heavy (non-hydrogen) atoms. The molecule has 2 rings (SSSR count). The first kappa shape index (κ1) is 22.5. The molecule has 0 aliphatic carbocycles. The lowest BCUT2D eigenvalue weighted by molar-refractivity contribution is -0.122. The molecule has 0 unspecified atom stereocenters. The zero-order valence-electron chi connectivity index (χ0n) is 17.4. The number of hydrogen-bond donors (Lipinski definition) is 1. The fourth-order valence-electron chi connectivity index (χ4n) is 2.55. The van der Waals surface area contributed by atoms with Crippen molar-refractivity contribution in [1.29, 1.82) is 0 Å². The van der Waals surface area contributed by atoms with Gasteiger partial charge in [0.25, 0.3) is 5.91 Å². The van der Waals surface area contributed by atoms with E-state index in [1.54, 1.807) is 36.4 Å². The van der Waals surface area contributed by atoms with Crippen LogP contribution in [0.1, 0.15) is 27.2 Å². The van der Waals surface area contributed by atoms with Crippen LogP contribution in [-0.4, -0.2) is 39.8 Å². The smallest absolute Gasteiger partial charge is 0.265 e. The van der Waals surface area contributed by atoms with Gasteiger partial charge in [0, 0.05) is 7.05 Å². The topological polar surface area (TPSA) is 84.9 Å². The monoisotopic (exact) mass is 420 g/mol. The van der Waals surface area contributed by atoms with Gasteiger partial charge < -0.3 is 14.8 Å². The summed E-state index contributed by atoms with van der Waals surface area (Å²) in [6.45, 7) is 5.69. The van der Waals surface area contributed by atoms with E-state index in [0.29, 0.717) is 29.3 Å². The highest BCUT2D eigenvalue weighted by Gasteiger charge is 2.20. The molecule has 2 aromatic carbocycles. The van der Waals surface area contributed by atoms with E-state index >= 15 is 0 Å². The van der Waals surface area contributed by atoms with E-state index in [1.165, 1.54) is 11.4 Å². The number of nitrogens with one attached hydrogen (secondary N) is 1. The first-order chi connectivity index (χ1) is 13.6. The van der Waals surface area contributed by atoms with Crippen molar-refractivity contribution in [3.05, 3.63) is 48.5 Å². The number of sulfonamides is 1. The van der Waals surface area contributed by atoms with Gasteiger partial charge in [0.15, 0.2) is 6.10 Å². The number of ether oxygens (including phenoxy) is 2. The maximum absolute atomic E-state index is 12.7. The van der Waals surface area contributed by atoms with Gasteiger partial charge in [0.05, 0.1) is 23.7 Å². The Balaban J connectivity index is 2.09. The molecule has 0 saturated heterocycles. The number of carbonyl (C=O) groups excluding carboxylic acids is 1. The predicted molar refractivity (Wildman–Crippen MR) is 115 cm³/mol. The summed E-state index contributed by atoms with van der Waals surface area (Å²) in [5.41, 5.74) is 1.09. The van der Waals surface area contributed by atoms with Crippen molar-refractivity contribution in [2.45, 2.75) is 39.4 Å². The van der Waals surface area contributed by atoms with Gasteiger partial charge in [-0.05, 0) is 56.7 Å². The van der Waals surface area contributed by atoms with Crippen molar-refractivity contribution in [3.8, 4) is 11.5 Å². The van der Waals surface area contributed by atoms with Gasteiger partial charge in [0.1, 0.15) is 11.5 Å². The largest absolute Gasteiger partial charge is 0.489 e. The maximum atomic E-state index is 12.7. The molecule has 8 heteroatoms. The van der Waals surface area contributed by atoms with Gasteiger partial charge in [-0.25, -0.2) is 8.42 Å². The van der Waals surface area contributed by atoms with Crippen molar-refractivity contribution in [2.75, 3.05) is 22.9 Å². The molecule has 0 fully saturated rings. The first-order valence-electron chi connectivity index (χ1n) is 9.39. The lowest BCUT2D eigenvalue weighted by Crippen LogP contribution is -2.32. The second-order valence-corrected chi connectivity index (χ2v) is 8.90. The molecule has 2 aromatic rings. The van der Waals surface area contributed by atoms with Crippen molar-refractivity contribution in [3.63, 3.8) is 0 Å². The molecule has 0 bridgehead atoms. The second kappa shape index (κ2) is 9.65. The summed E-state index contributed by atoms with van der Waals surface area (Å²) < 4.78 is 36.0. The zero-order valence-corrected chi connectivity index (χ0v) is 18.2. The number of carbonyl (C=O) groups is 1. The highest BCUT2D eigenvalue weighted by Crippen LogP contribution is 2.26. The number of anilines is 2. The number of benzene rings is 2. The van der Waals surface area contributed by atoms with Crippen molar-refractivity contribution >= 4 is 27.3 Å². The van der Waals surface area contributed by atoms with Crippen molar-refractivity contribution in [1.82, 2.24) is 0 Å². The molecule has 158 valence electrons. The van der Waals surface area contributed by atoms with Crippen LogP contribution in [0.25, 0.3) is 0 Å². The summed E-state index contributed by atoms with van der Waals surface area (Å²) in [5.74, 6) is 0.785. The Labute approximate surface area is 172 Å². The molecule has 0 radical (unpaired) electrons. The van der Waals surface area contributed by atoms with E-state index in [0.717, 1.165) is 6.26 Å². The van der Waals surface area contributed by atoms with Gasteiger partial charge in [-0.3, -0.25) is 9.10 Å². The molecule has 0 saturated carbocycles. The average Bonchev–Trinajstić information content (AvgIpc) is 2.66. The Morgan fingerprint density at radius 3 is 2.24 bits per heavy atom. The van der Waals surface area contributed by atoms with E-state index in [2.05, 4.69) is 5.32 Å². The first-order valence-corrected chi connectivity index (χ1v) is 11.2. The predicted octanol–water partition coefficient (Wildman–Crippen LogP) is 3.67. The van der Waals surface area contributed by atoms with Gasteiger partial charge in [-0.2, -0.15) is 0 Å². The normalized spacial score (nSPS) is 12.3. The number of rotatable bonds is 9. The van der Waals surface area contributed by atoms with Gasteiger partial charge in [-0.15, -0.1) is 0 Å². The molecule has 1 atom stereocenters. The van der Waals surface area contributed by atoms with E-state index in [1.807, 2.05) is 32.9 Å². The van der Waals surface area contributed by atoms with E-state index in [-0.39, 0.29) is 12.0 Å². The summed E-state index contributed by atoms with van der Waals surface area (Å²) in [6.07, 6.45) is 0.871. The van der Waals surface area contributed by atoms with Gasteiger partial charge in [0.2, 0.25) is 10.0 Å². The highest BCUT2D eigenvalue weighted by atomic mass is 32.2. The molecule has 7 nitrogen and oxygen atoms in total. The Kier molecular flexibility index (Phi) is 7.50. The number of nitrogens with zero attached hydrogens (tertiary/aromatic N) is 1. The minimum absolute atomic E-state index is 0.0187. The zero-order chi connectivity index (χ0) is 21.6. The SMILES string of the molecule is CC[C@@H](Oc1ccc(N(C)S(C)(=O)=O)cc1)C(=O)Nc1ccccc1OC(C)C. The molecule has 0 aromatic heterocycles. The third kappa shape index (κ3) is 6.39. The number of para-hydroxylation sites is 2. The summed E-state index contributed by atoms with van der Waals surface area (Å²) >= 11 is 0. The lowest BCUT2D eigenvalue weighted by Gasteiger charge is -2.20. The summed E-state index contributed by atoms with van der Waals surface area (Å²) in [5, 5.41) is 2.86. The maximum Gasteiger partial charge on any atom is 0.265 e. The fourth-order valence-corrected chi connectivity index (χ4v) is 3.06. The van der Waals surface area contributed by atoms with Crippen LogP contribution in [0.4, 0.5) is 11.4 Å². The fraction of sp³-hybridized carbons (Fsp3) is 0.381. The lowest BCUT2D eigenvalue weighted by atomic mass is 10.2. The summed E-state index contributed by atoms with van der Waals surface area (Å²) in [4.78, 5) is 12.7. The van der Waals surface area contributed by atoms with Gasteiger partial charge in [-0.1, -0.05) is 19.1 Å². The Hall–Kier alpha value is -2.74. The van der Waals surface area contributed by atoms with E-state index in [4.69, 9.17) is 9.47 Å². The van der Waals surface area contributed by atoms with Crippen LogP contribution in [0.15, 0.2) is 48.5 Å². The number of amides is 1. The third-order valence-corrected chi connectivity index (χ3v) is 5.35. The molecule has 0 heterocycles. The average molecular weight is 421 g/mol. The minimum atomic E-state index is -3.34. The molecule has 0 spiro atoms. The Bertz CT molecular complexity index is 926. The molecule has 0 aliphatic rings.